The van der Waals surface area contributed by atoms with Gasteiger partial charge in [0.05, 0.1) is 21.5 Å². The molecule has 0 amide bonds. The number of para-hydroxylation sites is 1. The second-order valence-electron chi connectivity index (χ2n) is 5.72. The number of hydrogen-bond acceptors (Lipinski definition) is 8. The molecule has 0 saturated carbocycles. The van der Waals surface area contributed by atoms with Gasteiger partial charge < -0.3 is 9.63 Å². The lowest BCUT2D eigenvalue weighted by atomic mass is 10.2. The molecule has 3 heterocycles. The van der Waals surface area contributed by atoms with Crippen molar-refractivity contribution in [1.82, 2.24) is 19.7 Å². The lowest BCUT2D eigenvalue weighted by Crippen LogP contribution is -2.24. The maximum Gasteiger partial charge on any atom is 0.262 e. The first-order valence-electron chi connectivity index (χ1n) is 8.36. The van der Waals surface area contributed by atoms with Crippen LogP contribution >= 0.6 is 23.1 Å². The molecule has 0 radical (unpaired) electrons. The molecule has 0 unspecified atom stereocenters. The maximum absolute atomic E-state index is 12.8. The van der Waals surface area contributed by atoms with Gasteiger partial charge in [-0.05, 0) is 30.0 Å². The highest BCUT2D eigenvalue weighted by molar-refractivity contribution is 7.98. The molecule has 0 bridgehead atoms. The molecule has 1 aromatic carbocycles. The fourth-order valence-corrected chi connectivity index (χ4v) is 4.14. The van der Waals surface area contributed by atoms with Crippen LogP contribution < -0.4 is 5.56 Å². The van der Waals surface area contributed by atoms with Crippen LogP contribution in [-0.4, -0.2) is 31.4 Å². The third-order valence-electron chi connectivity index (χ3n) is 3.90. The summed E-state index contributed by atoms with van der Waals surface area (Å²) in [6.45, 7) is 0.414. The molecule has 27 heavy (non-hydrogen) atoms. The molecule has 3 aromatic heterocycles. The Hall–Kier alpha value is -2.49. The first kappa shape index (κ1) is 17.9. The summed E-state index contributed by atoms with van der Waals surface area (Å²) in [5.74, 6) is 1.44. The molecule has 4 rings (SSSR count). The number of thioether (sulfide) groups is 1. The minimum Gasteiger partial charge on any atom is -0.396 e. The molecular weight excluding hydrogens is 384 g/mol. The van der Waals surface area contributed by atoms with Gasteiger partial charge in [0.25, 0.3) is 5.56 Å². The van der Waals surface area contributed by atoms with Gasteiger partial charge in [0.1, 0.15) is 0 Å². The van der Waals surface area contributed by atoms with Gasteiger partial charge in [-0.2, -0.15) is 4.98 Å². The first-order valence-corrected chi connectivity index (χ1v) is 10.2. The number of fused-ring (bicyclic) bond motifs is 1. The summed E-state index contributed by atoms with van der Waals surface area (Å²) in [5, 5.41) is 16.2. The molecule has 0 spiro atoms. The Morgan fingerprint density at radius 2 is 2.07 bits per heavy atom. The first-order chi connectivity index (χ1) is 13.3. The Morgan fingerprint density at radius 3 is 2.89 bits per heavy atom. The molecule has 138 valence electrons. The number of nitrogens with zero attached hydrogens (tertiary/aromatic N) is 4. The number of benzene rings is 1. The van der Waals surface area contributed by atoms with Gasteiger partial charge in [0.2, 0.25) is 11.7 Å². The van der Waals surface area contributed by atoms with E-state index in [0.29, 0.717) is 46.5 Å². The van der Waals surface area contributed by atoms with Crippen LogP contribution in [-0.2, 0) is 12.3 Å². The molecule has 0 fully saturated rings. The third kappa shape index (κ3) is 3.80. The van der Waals surface area contributed by atoms with Crippen molar-refractivity contribution in [2.45, 2.75) is 23.9 Å². The smallest absolute Gasteiger partial charge is 0.262 e. The van der Waals surface area contributed by atoms with Gasteiger partial charge in [-0.15, -0.1) is 11.3 Å². The minimum atomic E-state index is -0.110. The monoisotopic (exact) mass is 400 g/mol. The fourth-order valence-electron chi connectivity index (χ4n) is 2.63. The summed E-state index contributed by atoms with van der Waals surface area (Å²) in [7, 11) is 0. The third-order valence-corrected chi connectivity index (χ3v) is 5.73. The summed E-state index contributed by atoms with van der Waals surface area (Å²) in [6.07, 6.45) is 0.483. The van der Waals surface area contributed by atoms with E-state index in [-0.39, 0.29) is 12.2 Å². The van der Waals surface area contributed by atoms with E-state index < -0.39 is 0 Å². The second-order valence-corrected chi connectivity index (χ2v) is 7.61. The summed E-state index contributed by atoms with van der Waals surface area (Å²) in [4.78, 5) is 22.8. The zero-order chi connectivity index (χ0) is 18.6. The zero-order valence-corrected chi connectivity index (χ0v) is 15.9. The highest BCUT2D eigenvalue weighted by atomic mass is 32.2. The average Bonchev–Trinajstić information content (AvgIpc) is 3.37. The quantitative estimate of drug-likeness (QED) is 0.376. The van der Waals surface area contributed by atoms with Crippen molar-refractivity contribution in [3.05, 3.63) is 58.0 Å². The van der Waals surface area contributed by atoms with Crippen molar-refractivity contribution in [1.29, 1.82) is 0 Å². The molecule has 0 aliphatic rings. The summed E-state index contributed by atoms with van der Waals surface area (Å²) >= 11 is 2.91. The van der Waals surface area contributed by atoms with E-state index in [2.05, 4.69) is 15.1 Å². The molecule has 7 nitrogen and oxygen atoms in total. The number of thiophene rings is 1. The Morgan fingerprint density at radius 1 is 1.19 bits per heavy atom. The predicted molar refractivity (Wildman–Crippen MR) is 105 cm³/mol. The number of aliphatic hydroxyl groups excluding tert-OH is 1. The van der Waals surface area contributed by atoms with Gasteiger partial charge in [-0.3, -0.25) is 9.36 Å². The van der Waals surface area contributed by atoms with Gasteiger partial charge >= 0.3 is 0 Å². The Kier molecular flexibility index (Phi) is 5.33. The molecular formula is C18H16N4O3S2. The van der Waals surface area contributed by atoms with Crippen molar-refractivity contribution in [3.63, 3.8) is 0 Å². The summed E-state index contributed by atoms with van der Waals surface area (Å²) < 4.78 is 6.92. The van der Waals surface area contributed by atoms with Crippen LogP contribution in [0.2, 0.25) is 0 Å². The van der Waals surface area contributed by atoms with Crippen LogP contribution in [0.1, 0.15) is 12.3 Å². The number of rotatable bonds is 7. The van der Waals surface area contributed by atoms with Crippen molar-refractivity contribution >= 4 is 34.0 Å². The number of aromatic nitrogens is 4. The molecule has 0 aliphatic heterocycles. The van der Waals surface area contributed by atoms with E-state index in [1.807, 2.05) is 35.7 Å². The topological polar surface area (TPSA) is 94.0 Å². The van der Waals surface area contributed by atoms with Gasteiger partial charge in [-0.25, -0.2) is 4.98 Å². The molecule has 0 atom stereocenters. The van der Waals surface area contributed by atoms with Crippen LogP contribution in [0, 0.1) is 0 Å². The maximum atomic E-state index is 12.8. The predicted octanol–water partition coefficient (Wildman–Crippen LogP) is 3.18. The Bertz CT molecular complexity index is 1110. The molecule has 0 aliphatic carbocycles. The average molecular weight is 400 g/mol. The van der Waals surface area contributed by atoms with Crippen molar-refractivity contribution in [3.8, 4) is 10.7 Å². The minimum absolute atomic E-state index is 0.0111. The molecule has 1 N–H and O–H groups in total. The number of hydrogen-bond donors (Lipinski definition) is 1. The second kappa shape index (κ2) is 8.03. The zero-order valence-electron chi connectivity index (χ0n) is 14.2. The standard InChI is InChI=1S/C18H16N4O3S2/c23-9-4-8-22-17(24)12-5-1-2-6-13(12)19-18(22)27-11-15-20-16(21-25-15)14-7-3-10-26-14/h1-3,5-7,10,23H,4,8-9,11H2. The SMILES string of the molecule is O=c1c2ccccc2nc(SCc2nc(-c3cccs3)no2)n1CCCO. The van der Waals surface area contributed by atoms with Gasteiger partial charge in [0.15, 0.2) is 5.16 Å². The summed E-state index contributed by atoms with van der Waals surface area (Å²) in [6, 6.07) is 11.1. The van der Waals surface area contributed by atoms with Crippen molar-refractivity contribution in [2.75, 3.05) is 6.61 Å². The highest BCUT2D eigenvalue weighted by Gasteiger charge is 2.14. The van der Waals surface area contributed by atoms with Crippen LogP contribution in [0.3, 0.4) is 0 Å². The lowest BCUT2D eigenvalue weighted by molar-refractivity contribution is 0.276. The van der Waals surface area contributed by atoms with E-state index in [1.54, 1.807) is 22.0 Å². The van der Waals surface area contributed by atoms with E-state index in [9.17, 15) is 4.79 Å². The van der Waals surface area contributed by atoms with Crippen LogP contribution in [0.5, 0.6) is 0 Å². The Balaban J connectivity index is 1.61. The van der Waals surface area contributed by atoms with E-state index >= 15 is 0 Å². The van der Waals surface area contributed by atoms with E-state index in [1.165, 1.54) is 11.8 Å². The van der Waals surface area contributed by atoms with Crippen LogP contribution in [0.25, 0.3) is 21.6 Å². The molecule has 4 aromatic rings. The normalized spacial score (nSPS) is 11.3. The summed E-state index contributed by atoms with van der Waals surface area (Å²) in [5.41, 5.74) is 0.538. The number of aliphatic hydroxyl groups is 1. The van der Waals surface area contributed by atoms with Crippen LogP contribution in [0.4, 0.5) is 0 Å². The van der Waals surface area contributed by atoms with E-state index in [0.717, 1.165) is 4.88 Å². The highest BCUT2D eigenvalue weighted by Crippen LogP contribution is 2.25. The molecule has 0 saturated heterocycles. The Labute approximate surface area is 162 Å². The van der Waals surface area contributed by atoms with Gasteiger partial charge in [0, 0.05) is 13.2 Å². The van der Waals surface area contributed by atoms with Crippen molar-refractivity contribution in [2.24, 2.45) is 0 Å². The lowest BCUT2D eigenvalue weighted by Gasteiger charge is -2.11. The largest absolute Gasteiger partial charge is 0.396 e. The fraction of sp³-hybridized carbons (Fsp3) is 0.222. The molecule has 9 heteroatoms. The van der Waals surface area contributed by atoms with Crippen LogP contribution in [0.15, 0.2) is 56.3 Å². The van der Waals surface area contributed by atoms with E-state index in [4.69, 9.17) is 9.63 Å². The van der Waals surface area contributed by atoms with Gasteiger partial charge in [-0.1, -0.05) is 35.1 Å². The van der Waals surface area contributed by atoms with Crippen molar-refractivity contribution < 1.29 is 9.63 Å².